The standard InChI is InChI=1S/C20H18F3NO/c21-20(22,23)19(25)17(15-9-3-1-4-10-15)18(24-13-7-8-14-24)16-11-5-2-6-12-16/h1-6,9-12H,7-8,13-14H2/b18-17-. The van der Waals surface area contributed by atoms with Gasteiger partial charge in [-0.05, 0) is 24.0 Å². The fourth-order valence-corrected chi connectivity index (χ4v) is 3.14. The maximum atomic E-state index is 13.3. The minimum atomic E-state index is -4.93. The minimum absolute atomic E-state index is 0.277. The first-order valence-corrected chi connectivity index (χ1v) is 8.20. The Balaban J connectivity index is 2.28. The number of rotatable bonds is 4. The lowest BCUT2D eigenvalue weighted by Crippen LogP contribution is -2.28. The van der Waals surface area contributed by atoms with Crippen LogP contribution in [0.15, 0.2) is 60.7 Å². The molecule has 1 fully saturated rings. The van der Waals surface area contributed by atoms with Crippen molar-refractivity contribution in [3.63, 3.8) is 0 Å². The normalized spacial score (nSPS) is 15.9. The van der Waals surface area contributed by atoms with Crippen LogP contribution in [0.5, 0.6) is 0 Å². The van der Waals surface area contributed by atoms with Crippen LogP contribution in [0.3, 0.4) is 0 Å². The molecule has 0 amide bonds. The molecular formula is C20H18F3NO. The van der Waals surface area contributed by atoms with Crippen molar-refractivity contribution in [3.05, 3.63) is 71.8 Å². The molecule has 0 N–H and O–H groups in total. The van der Waals surface area contributed by atoms with Crippen molar-refractivity contribution >= 4 is 17.1 Å². The molecule has 0 atom stereocenters. The first-order valence-electron chi connectivity index (χ1n) is 8.20. The molecular weight excluding hydrogens is 327 g/mol. The van der Waals surface area contributed by atoms with Gasteiger partial charge in [-0.1, -0.05) is 60.7 Å². The number of allylic oxidation sites excluding steroid dienone is 1. The van der Waals surface area contributed by atoms with E-state index in [0.717, 1.165) is 12.8 Å². The van der Waals surface area contributed by atoms with Crippen LogP contribution in [0.25, 0.3) is 11.3 Å². The number of alkyl halides is 3. The summed E-state index contributed by atoms with van der Waals surface area (Å²) in [6.45, 7) is 1.29. The number of carbonyl (C=O) groups is 1. The lowest BCUT2D eigenvalue weighted by molar-refractivity contribution is -0.164. The van der Waals surface area contributed by atoms with Crippen LogP contribution in [0.4, 0.5) is 13.2 Å². The molecule has 0 aromatic heterocycles. The van der Waals surface area contributed by atoms with E-state index in [-0.39, 0.29) is 11.1 Å². The highest BCUT2D eigenvalue weighted by molar-refractivity contribution is 6.29. The van der Waals surface area contributed by atoms with Crippen molar-refractivity contribution < 1.29 is 18.0 Å². The zero-order valence-electron chi connectivity index (χ0n) is 13.6. The van der Waals surface area contributed by atoms with Crippen molar-refractivity contribution in [2.75, 3.05) is 13.1 Å². The Morgan fingerprint density at radius 3 is 1.76 bits per heavy atom. The van der Waals surface area contributed by atoms with E-state index in [1.54, 1.807) is 60.7 Å². The van der Waals surface area contributed by atoms with Gasteiger partial charge >= 0.3 is 6.18 Å². The Bertz CT molecular complexity index is 761. The molecule has 1 heterocycles. The molecule has 2 aromatic rings. The summed E-state index contributed by atoms with van der Waals surface area (Å²) in [7, 11) is 0. The third-order valence-electron chi connectivity index (χ3n) is 4.25. The second kappa shape index (κ2) is 7.13. The van der Waals surface area contributed by atoms with E-state index in [4.69, 9.17) is 0 Å². The maximum absolute atomic E-state index is 13.3. The van der Waals surface area contributed by atoms with Gasteiger partial charge in [0.15, 0.2) is 0 Å². The zero-order valence-corrected chi connectivity index (χ0v) is 13.6. The third-order valence-corrected chi connectivity index (χ3v) is 4.25. The van der Waals surface area contributed by atoms with E-state index < -0.39 is 12.0 Å². The predicted molar refractivity (Wildman–Crippen MR) is 91.6 cm³/mol. The van der Waals surface area contributed by atoms with Crippen LogP contribution in [-0.2, 0) is 4.79 Å². The Morgan fingerprint density at radius 1 is 0.800 bits per heavy atom. The van der Waals surface area contributed by atoms with Crippen molar-refractivity contribution in [1.29, 1.82) is 0 Å². The summed E-state index contributed by atoms with van der Waals surface area (Å²) in [5.74, 6) is -1.80. The van der Waals surface area contributed by atoms with E-state index >= 15 is 0 Å². The van der Waals surface area contributed by atoms with Crippen LogP contribution in [-0.4, -0.2) is 29.9 Å². The Morgan fingerprint density at radius 2 is 1.28 bits per heavy atom. The summed E-state index contributed by atoms with van der Waals surface area (Å²) >= 11 is 0. The second-order valence-electron chi connectivity index (χ2n) is 5.98. The Kier molecular flexibility index (Phi) is 4.93. The molecule has 2 aromatic carbocycles. The number of halogens is 3. The van der Waals surface area contributed by atoms with Gasteiger partial charge in [0.05, 0.1) is 11.3 Å². The Labute approximate surface area is 144 Å². The first kappa shape index (κ1) is 17.3. The second-order valence-corrected chi connectivity index (χ2v) is 5.98. The molecule has 25 heavy (non-hydrogen) atoms. The molecule has 2 nitrogen and oxygen atoms in total. The molecule has 3 rings (SSSR count). The molecule has 0 saturated carbocycles. The van der Waals surface area contributed by atoms with Gasteiger partial charge in [-0.25, -0.2) is 0 Å². The fourth-order valence-electron chi connectivity index (χ4n) is 3.14. The van der Waals surface area contributed by atoms with Gasteiger partial charge < -0.3 is 4.90 Å². The van der Waals surface area contributed by atoms with Crippen LogP contribution in [0.2, 0.25) is 0 Å². The SMILES string of the molecule is O=C(/C(=C(/c1ccccc1)N1CCCC1)c1ccccc1)C(F)(F)F. The quantitative estimate of drug-likeness (QED) is 0.587. The van der Waals surface area contributed by atoms with E-state index in [9.17, 15) is 18.0 Å². The summed E-state index contributed by atoms with van der Waals surface area (Å²) in [6.07, 6.45) is -3.12. The smallest absolute Gasteiger partial charge is 0.370 e. The largest absolute Gasteiger partial charge is 0.454 e. The van der Waals surface area contributed by atoms with E-state index in [0.29, 0.717) is 24.4 Å². The van der Waals surface area contributed by atoms with Gasteiger partial charge in [0, 0.05) is 13.1 Å². The lowest BCUT2D eigenvalue weighted by atomic mass is 9.94. The topological polar surface area (TPSA) is 20.3 Å². The molecule has 0 spiro atoms. The average molecular weight is 345 g/mol. The number of likely N-dealkylation sites (tertiary alicyclic amines) is 1. The molecule has 1 aliphatic rings. The highest BCUT2D eigenvalue weighted by atomic mass is 19.4. The summed E-state index contributed by atoms with van der Waals surface area (Å²) in [5, 5.41) is 0. The van der Waals surface area contributed by atoms with Crippen LogP contribution in [0, 0.1) is 0 Å². The van der Waals surface area contributed by atoms with E-state index in [1.807, 2.05) is 4.90 Å². The maximum Gasteiger partial charge on any atom is 0.454 e. The Hall–Kier alpha value is -2.56. The third kappa shape index (κ3) is 3.76. The lowest BCUT2D eigenvalue weighted by Gasteiger charge is -2.26. The summed E-state index contributed by atoms with van der Waals surface area (Å²) in [4.78, 5) is 14.2. The molecule has 0 unspecified atom stereocenters. The van der Waals surface area contributed by atoms with Gasteiger partial charge in [-0.2, -0.15) is 13.2 Å². The van der Waals surface area contributed by atoms with Crippen molar-refractivity contribution in [2.24, 2.45) is 0 Å². The van der Waals surface area contributed by atoms with Crippen molar-refractivity contribution in [3.8, 4) is 0 Å². The van der Waals surface area contributed by atoms with Gasteiger partial charge in [0.2, 0.25) is 0 Å². The number of hydrogen-bond donors (Lipinski definition) is 0. The van der Waals surface area contributed by atoms with E-state index in [1.165, 1.54) is 0 Å². The van der Waals surface area contributed by atoms with Gasteiger partial charge in [0.1, 0.15) is 0 Å². The average Bonchev–Trinajstić information content (AvgIpc) is 3.14. The van der Waals surface area contributed by atoms with Crippen LogP contribution >= 0.6 is 0 Å². The zero-order chi connectivity index (χ0) is 17.9. The van der Waals surface area contributed by atoms with Crippen LogP contribution < -0.4 is 0 Å². The highest BCUT2D eigenvalue weighted by Crippen LogP contribution is 2.36. The predicted octanol–water partition coefficient (Wildman–Crippen LogP) is 4.78. The molecule has 1 aliphatic heterocycles. The number of carbonyl (C=O) groups excluding carboxylic acids is 1. The first-order chi connectivity index (χ1) is 12.0. The number of hydrogen-bond acceptors (Lipinski definition) is 2. The van der Waals surface area contributed by atoms with Crippen molar-refractivity contribution in [2.45, 2.75) is 19.0 Å². The summed E-state index contributed by atoms with van der Waals surface area (Å²) < 4.78 is 40.0. The molecule has 0 radical (unpaired) electrons. The molecule has 5 heteroatoms. The summed E-state index contributed by atoms with van der Waals surface area (Å²) in [6, 6.07) is 17.0. The molecule has 0 bridgehead atoms. The van der Waals surface area contributed by atoms with Crippen molar-refractivity contribution in [1.82, 2.24) is 4.90 Å². The molecule has 130 valence electrons. The number of Topliss-reactive ketones (excluding diaryl/α,β-unsaturated/α-hetero) is 1. The summed E-state index contributed by atoms with van der Waals surface area (Å²) in [5.41, 5.74) is 1.00. The number of nitrogens with zero attached hydrogens (tertiary/aromatic N) is 1. The number of benzene rings is 2. The van der Waals surface area contributed by atoms with E-state index in [2.05, 4.69) is 0 Å². The fraction of sp³-hybridized carbons (Fsp3) is 0.250. The molecule has 0 aliphatic carbocycles. The van der Waals surface area contributed by atoms with Crippen LogP contribution in [0.1, 0.15) is 24.0 Å². The number of ketones is 1. The van der Waals surface area contributed by atoms with Gasteiger partial charge in [0.25, 0.3) is 5.78 Å². The monoisotopic (exact) mass is 345 g/mol. The van der Waals surface area contributed by atoms with Gasteiger partial charge in [-0.3, -0.25) is 4.79 Å². The molecule has 1 saturated heterocycles. The van der Waals surface area contributed by atoms with Gasteiger partial charge in [-0.15, -0.1) is 0 Å². The highest BCUT2D eigenvalue weighted by Gasteiger charge is 2.43. The minimum Gasteiger partial charge on any atom is -0.370 e.